The van der Waals surface area contributed by atoms with Gasteiger partial charge in [-0.25, -0.2) is 9.97 Å². The molecule has 0 amide bonds. The number of fused-ring (bicyclic) bond motifs is 1. The Kier molecular flexibility index (Phi) is 5.48. The first-order valence-corrected chi connectivity index (χ1v) is 11.7. The van der Waals surface area contributed by atoms with E-state index >= 15 is 0 Å². The first-order valence-electron chi connectivity index (χ1n) is 10.7. The number of allylic oxidation sites excluding steroid dienone is 1. The zero-order valence-electron chi connectivity index (χ0n) is 17.0. The smallest absolute Gasteiger partial charge is 0.381 e. The van der Waals surface area contributed by atoms with Crippen LogP contribution in [0.1, 0.15) is 36.9 Å². The monoisotopic (exact) mass is 440 g/mol. The fraction of sp³-hybridized carbons (Fsp3) is 0.714. The van der Waals surface area contributed by atoms with Crippen molar-refractivity contribution >= 4 is 23.7 Å². The van der Waals surface area contributed by atoms with Gasteiger partial charge in [-0.1, -0.05) is 0 Å². The summed E-state index contributed by atoms with van der Waals surface area (Å²) in [6.07, 6.45) is 1.54. The van der Waals surface area contributed by atoms with Crippen molar-refractivity contribution in [2.75, 3.05) is 50.8 Å². The Labute approximate surface area is 179 Å². The highest BCUT2D eigenvalue weighted by Gasteiger charge is 2.45. The number of nitrogens with zero attached hydrogens (tertiary/aromatic N) is 4. The van der Waals surface area contributed by atoms with Gasteiger partial charge in [-0.15, -0.1) is 11.8 Å². The van der Waals surface area contributed by atoms with Gasteiger partial charge in [0.2, 0.25) is 0 Å². The SMILES string of the molecule is FC(F)(F)CC1=Cc2c(ncnc2N2CCC3(CC2)CN(CC2CCOC2)C3)CS1. The summed E-state index contributed by atoms with van der Waals surface area (Å²) in [5, 5.41) is 0. The topological polar surface area (TPSA) is 41.5 Å². The highest BCUT2D eigenvalue weighted by molar-refractivity contribution is 8.02. The van der Waals surface area contributed by atoms with E-state index in [2.05, 4.69) is 19.8 Å². The molecule has 0 bridgehead atoms. The van der Waals surface area contributed by atoms with Crippen LogP contribution in [-0.2, 0) is 10.5 Å². The molecule has 3 fully saturated rings. The number of halogens is 3. The van der Waals surface area contributed by atoms with Crippen LogP contribution in [0.3, 0.4) is 0 Å². The van der Waals surface area contributed by atoms with Gasteiger partial charge in [-0.2, -0.15) is 13.2 Å². The van der Waals surface area contributed by atoms with Crippen molar-refractivity contribution in [3.63, 3.8) is 0 Å². The number of alkyl halides is 3. The first-order chi connectivity index (χ1) is 14.4. The molecule has 164 valence electrons. The molecule has 1 aromatic rings. The predicted molar refractivity (Wildman–Crippen MR) is 111 cm³/mol. The summed E-state index contributed by atoms with van der Waals surface area (Å²) in [6.45, 7) is 7.07. The van der Waals surface area contributed by atoms with E-state index < -0.39 is 12.6 Å². The van der Waals surface area contributed by atoms with Crippen molar-refractivity contribution in [3.8, 4) is 0 Å². The Morgan fingerprint density at radius 1 is 1.20 bits per heavy atom. The zero-order valence-corrected chi connectivity index (χ0v) is 17.8. The molecule has 1 aromatic heterocycles. The fourth-order valence-corrected chi connectivity index (χ4v) is 6.25. The van der Waals surface area contributed by atoms with E-state index in [1.165, 1.54) is 18.2 Å². The Morgan fingerprint density at radius 2 is 2.00 bits per heavy atom. The molecule has 1 spiro atoms. The average Bonchev–Trinajstić information content (AvgIpc) is 3.19. The lowest BCUT2D eigenvalue weighted by molar-refractivity contribution is -0.125. The first kappa shape index (κ1) is 20.6. The van der Waals surface area contributed by atoms with Crippen molar-refractivity contribution in [1.82, 2.24) is 14.9 Å². The predicted octanol–water partition coefficient (Wildman–Crippen LogP) is 3.96. The molecule has 3 saturated heterocycles. The molecule has 0 aromatic carbocycles. The highest BCUT2D eigenvalue weighted by Crippen LogP contribution is 2.44. The van der Waals surface area contributed by atoms with Crippen molar-refractivity contribution < 1.29 is 17.9 Å². The Hall–Kier alpha value is -1.32. The van der Waals surface area contributed by atoms with Crippen LogP contribution >= 0.6 is 11.8 Å². The van der Waals surface area contributed by atoms with Gasteiger partial charge in [0.15, 0.2) is 0 Å². The lowest BCUT2D eigenvalue weighted by atomic mass is 9.71. The van der Waals surface area contributed by atoms with Crippen LogP contribution in [0.15, 0.2) is 11.2 Å². The summed E-state index contributed by atoms with van der Waals surface area (Å²) in [5.74, 6) is 1.96. The Bertz CT molecular complexity index is 809. The minimum absolute atomic E-state index is 0.352. The van der Waals surface area contributed by atoms with Crippen molar-refractivity contribution in [3.05, 3.63) is 22.5 Å². The number of hydrogen-bond donors (Lipinski definition) is 0. The quantitative estimate of drug-likeness (QED) is 0.706. The lowest BCUT2D eigenvalue weighted by Gasteiger charge is -2.55. The second-order valence-electron chi connectivity index (χ2n) is 9.14. The highest BCUT2D eigenvalue weighted by atomic mass is 32.2. The van der Waals surface area contributed by atoms with Crippen molar-refractivity contribution in [1.29, 1.82) is 0 Å². The van der Waals surface area contributed by atoms with Crippen LogP contribution in [0.4, 0.5) is 19.0 Å². The van der Waals surface area contributed by atoms with Gasteiger partial charge in [0.05, 0.1) is 18.7 Å². The van der Waals surface area contributed by atoms with E-state index in [1.807, 2.05) is 0 Å². The van der Waals surface area contributed by atoms with Gasteiger partial charge in [-0.3, -0.25) is 0 Å². The molecule has 4 aliphatic rings. The molecule has 0 N–H and O–H groups in total. The summed E-state index contributed by atoms with van der Waals surface area (Å²) in [7, 11) is 0. The van der Waals surface area contributed by atoms with E-state index in [0.717, 1.165) is 75.9 Å². The van der Waals surface area contributed by atoms with Crippen molar-refractivity contribution in [2.45, 2.75) is 37.6 Å². The van der Waals surface area contributed by atoms with E-state index in [9.17, 15) is 13.2 Å². The maximum atomic E-state index is 12.9. The van der Waals surface area contributed by atoms with E-state index in [4.69, 9.17) is 4.74 Å². The number of aromatic nitrogens is 2. The molecule has 0 saturated carbocycles. The van der Waals surface area contributed by atoms with Gasteiger partial charge in [0.1, 0.15) is 12.1 Å². The molecular formula is C21H27F3N4OS. The number of hydrogen-bond acceptors (Lipinski definition) is 6. The summed E-state index contributed by atoms with van der Waals surface area (Å²) in [4.78, 5) is 14.0. The van der Waals surface area contributed by atoms with Gasteiger partial charge in [0, 0.05) is 50.6 Å². The van der Waals surface area contributed by atoms with Crippen LogP contribution in [0.5, 0.6) is 0 Å². The molecule has 9 heteroatoms. The summed E-state index contributed by atoms with van der Waals surface area (Å²) in [5.41, 5.74) is 2.02. The Morgan fingerprint density at radius 3 is 2.70 bits per heavy atom. The average molecular weight is 441 g/mol. The number of rotatable bonds is 4. The number of ether oxygens (including phenoxy) is 1. The molecule has 4 aliphatic heterocycles. The third-order valence-corrected chi connectivity index (χ3v) is 7.85. The summed E-state index contributed by atoms with van der Waals surface area (Å²) >= 11 is 1.23. The molecule has 0 aliphatic carbocycles. The van der Waals surface area contributed by atoms with Gasteiger partial charge in [-0.05, 0) is 41.6 Å². The van der Waals surface area contributed by atoms with E-state index in [0.29, 0.717) is 22.0 Å². The minimum atomic E-state index is -4.19. The number of thioether (sulfide) groups is 1. The normalized spacial score (nSPS) is 26.4. The number of anilines is 1. The second-order valence-corrected chi connectivity index (χ2v) is 10.2. The summed E-state index contributed by atoms with van der Waals surface area (Å²) < 4.78 is 44.1. The van der Waals surface area contributed by atoms with Crippen molar-refractivity contribution in [2.24, 2.45) is 11.3 Å². The summed E-state index contributed by atoms with van der Waals surface area (Å²) in [6, 6.07) is 0. The molecule has 1 unspecified atom stereocenters. The second kappa shape index (κ2) is 7.98. The molecule has 5 rings (SSSR count). The van der Waals surface area contributed by atoms with E-state index in [-0.39, 0.29) is 0 Å². The third-order valence-electron chi connectivity index (χ3n) is 6.80. The largest absolute Gasteiger partial charge is 0.393 e. The molecule has 0 radical (unpaired) electrons. The van der Waals surface area contributed by atoms with Crippen LogP contribution in [-0.4, -0.2) is 67.0 Å². The molecule has 5 nitrogen and oxygen atoms in total. The Balaban J connectivity index is 1.22. The standard InChI is InChI=1S/C21H27F3N4OS/c22-21(23,24)8-16-7-17-18(11-30-16)25-14-26-19(17)28-4-2-20(3-5-28)12-27(13-20)9-15-1-6-29-10-15/h7,14-15H,1-6,8-13H2. The van der Waals surface area contributed by atoms with Gasteiger partial charge in [0.25, 0.3) is 0 Å². The third kappa shape index (κ3) is 4.34. The van der Waals surface area contributed by atoms with Gasteiger partial charge >= 0.3 is 6.18 Å². The van der Waals surface area contributed by atoms with Crippen LogP contribution in [0.2, 0.25) is 0 Å². The van der Waals surface area contributed by atoms with E-state index in [1.54, 1.807) is 12.4 Å². The molecule has 5 heterocycles. The maximum Gasteiger partial charge on any atom is 0.393 e. The minimum Gasteiger partial charge on any atom is -0.381 e. The lowest BCUT2D eigenvalue weighted by Crippen LogP contribution is -2.61. The maximum absolute atomic E-state index is 12.9. The van der Waals surface area contributed by atoms with Crippen LogP contribution in [0, 0.1) is 11.3 Å². The number of piperidine rings is 1. The zero-order chi connectivity index (χ0) is 20.8. The molecular weight excluding hydrogens is 413 g/mol. The number of likely N-dealkylation sites (tertiary alicyclic amines) is 1. The van der Waals surface area contributed by atoms with Crippen LogP contribution < -0.4 is 4.90 Å². The molecule has 30 heavy (non-hydrogen) atoms. The molecule has 1 atom stereocenters. The van der Waals surface area contributed by atoms with Gasteiger partial charge < -0.3 is 14.5 Å². The van der Waals surface area contributed by atoms with Crippen LogP contribution in [0.25, 0.3) is 6.08 Å². The fourth-order valence-electron chi connectivity index (χ4n) is 5.23.